The van der Waals surface area contributed by atoms with E-state index in [4.69, 9.17) is 39.5 Å². The molecule has 1 heterocycles. The van der Waals surface area contributed by atoms with E-state index >= 15 is 0 Å². The van der Waals surface area contributed by atoms with E-state index in [0.29, 0.717) is 16.0 Å². The lowest BCUT2D eigenvalue weighted by Gasteiger charge is -2.20. The van der Waals surface area contributed by atoms with Gasteiger partial charge < -0.3 is 4.74 Å². The Kier molecular flexibility index (Phi) is 4.59. The van der Waals surface area contributed by atoms with Gasteiger partial charge in [-0.15, -0.1) is 11.6 Å². The minimum Gasteiger partial charge on any atom is -0.378 e. The topological polar surface area (TPSA) is 9.23 Å². The Labute approximate surface area is 117 Å². The second-order valence-corrected chi connectivity index (χ2v) is 5.87. The van der Waals surface area contributed by atoms with Gasteiger partial charge in [0.1, 0.15) is 0 Å². The lowest BCUT2D eigenvalue weighted by molar-refractivity contribution is 0.105. The molecule has 1 aliphatic rings. The van der Waals surface area contributed by atoms with E-state index in [-0.39, 0.29) is 11.5 Å². The molecule has 1 aromatic carbocycles. The van der Waals surface area contributed by atoms with E-state index in [1.807, 2.05) is 18.2 Å². The molecule has 3 atom stereocenters. The van der Waals surface area contributed by atoms with Crippen LogP contribution in [0.4, 0.5) is 0 Å². The van der Waals surface area contributed by atoms with Crippen LogP contribution in [0.15, 0.2) is 18.2 Å². The molecule has 94 valence electrons. The van der Waals surface area contributed by atoms with Crippen LogP contribution >= 0.6 is 34.8 Å². The van der Waals surface area contributed by atoms with E-state index in [0.717, 1.165) is 25.0 Å². The standard InChI is InChI=1S/C13H15Cl3O/c1-8-10(4-5-17-8)12(15)6-9-2-3-11(14)13(16)7-9/h2-3,7-8,10,12H,4-6H2,1H3. The average Bonchev–Trinajstić information content (AvgIpc) is 2.70. The summed E-state index contributed by atoms with van der Waals surface area (Å²) in [5, 5.41) is 1.26. The van der Waals surface area contributed by atoms with Gasteiger partial charge in [0.2, 0.25) is 0 Å². The second kappa shape index (κ2) is 5.79. The zero-order chi connectivity index (χ0) is 12.4. The van der Waals surface area contributed by atoms with Crippen LogP contribution in [-0.4, -0.2) is 18.1 Å². The fraction of sp³-hybridized carbons (Fsp3) is 0.538. The molecule has 0 amide bonds. The van der Waals surface area contributed by atoms with Crippen molar-refractivity contribution in [2.45, 2.75) is 31.2 Å². The predicted molar refractivity (Wildman–Crippen MR) is 73.3 cm³/mol. The van der Waals surface area contributed by atoms with Gasteiger partial charge in [-0.2, -0.15) is 0 Å². The van der Waals surface area contributed by atoms with E-state index in [2.05, 4.69) is 6.92 Å². The summed E-state index contributed by atoms with van der Waals surface area (Å²) in [6.45, 7) is 2.90. The molecule has 0 saturated carbocycles. The van der Waals surface area contributed by atoms with Crippen LogP contribution in [-0.2, 0) is 11.2 Å². The highest BCUT2D eigenvalue weighted by atomic mass is 35.5. The number of rotatable bonds is 3. The van der Waals surface area contributed by atoms with E-state index in [1.54, 1.807) is 0 Å². The van der Waals surface area contributed by atoms with Crippen LogP contribution in [0.2, 0.25) is 10.0 Å². The van der Waals surface area contributed by atoms with Gasteiger partial charge in [-0.1, -0.05) is 29.3 Å². The molecule has 2 rings (SSSR count). The van der Waals surface area contributed by atoms with Gasteiger partial charge in [-0.25, -0.2) is 0 Å². The summed E-state index contributed by atoms with van der Waals surface area (Å²) in [6.07, 6.45) is 2.09. The molecular weight excluding hydrogens is 279 g/mol. The van der Waals surface area contributed by atoms with Gasteiger partial charge in [0, 0.05) is 17.9 Å². The van der Waals surface area contributed by atoms with Crippen LogP contribution in [0, 0.1) is 5.92 Å². The number of alkyl halides is 1. The minimum atomic E-state index is 0.0877. The van der Waals surface area contributed by atoms with Crippen LogP contribution in [0.25, 0.3) is 0 Å². The molecule has 1 nitrogen and oxygen atoms in total. The molecule has 1 aromatic rings. The Balaban J connectivity index is 2.02. The average molecular weight is 294 g/mol. The third-order valence-electron chi connectivity index (χ3n) is 3.31. The van der Waals surface area contributed by atoms with Crippen LogP contribution in [0.1, 0.15) is 18.9 Å². The first-order valence-electron chi connectivity index (χ1n) is 5.77. The monoisotopic (exact) mass is 292 g/mol. The summed E-state index contributed by atoms with van der Waals surface area (Å²) >= 11 is 18.3. The van der Waals surface area contributed by atoms with Crippen molar-refractivity contribution in [1.82, 2.24) is 0 Å². The van der Waals surface area contributed by atoms with Crippen molar-refractivity contribution in [3.05, 3.63) is 33.8 Å². The highest BCUT2D eigenvalue weighted by molar-refractivity contribution is 6.42. The summed E-state index contributed by atoms with van der Waals surface area (Å²) in [5.41, 5.74) is 1.12. The highest BCUT2D eigenvalue weighted by Crippen LogP contribution is 2.30. The van der Waals surface area contributed by atoms with Crippen molar-refractivity contribution in [2.75, 3.05) is 6.61 Å². The maximum Gasteiger partial charge on any atom is 0.0595 e. The smallest absolute Gasteiger partial charge is 0.0595 e. The van der Waals surface area contributed by atoms with Gasteiger partial charge >= 0.3 is 0 Å². The molecule has 0 spiro atoms. The molecule has 1 fully saturated rings. The van der Waals surface area contributed by atoms with Crippen molar-refractivity contribution in [1.29, 1.82) is 0 Å². The van der Waals surface area contributed by atoms with Gasteiger partial charge in [0.25, 0.3) is 0 Å². The normalized spacial score (nSPS) is 26.1. The van der Waals surface area contributed by atoms with Crippen LogP contribution in [0.5, 0.6) is 0 Å². The van der Waals surface area contributed by atoms with Crippen molar-refractivity contribution >= 4 is 34.8 Å². The molecule has 4 heteroatoms. The molecule has 17 heavy (non-hydrogen) atoms. The van der Waals surface area contributed by atoms with Gasteiger partial charge in [-0.3, -0.25) is 0 Å². The first-order valence-corrected chi connectivity index (χ1v) is 6.97. The zero-order valence-electron chi connectivity index (χ0n) is 9.63. The van der Waals surface area contributed by atoms with Crippen LogP contribution < -0.4 is 0 Å². The zero-order valence-corrected chi connectivity index (χ0v) is 11.9. The van der Waals surface area contributed by atoms with Crippen molar-refractivity contribution in [3.8, 4) is 0 Å². The Morgan fingerprint density at radius 1 is 1.35 bits per heavy atom. The summed E-state index contributed by atoms with van der Waals surface area (Å²) in [7, 11) is 0. The Hall–Kier alpha value is 0.0500. The molecular formula is C13H15Cl3O. The first kappa shape index (κ1) is 13.5. The summed E-state index contributed by atoms with van der Waals surface area (Å²) < 4.78 is 5.54. The number of halogens is 3. The SMILES string of the molecule is CC1OCCC1C(Cl)Cc1ccc(Cl)c(Cl)c1. The molecule has 3 unspecified atom stereocenters. The van der Waals surface area contributed by atoms with Gasteiger partial charge in [0.15, 0.2) is 0 Å². The summed E-state index contributed by atoms with van der Waals surface area (Å²) in [4.78, 5) is 0. The molecule has 0 aliphatic carbocycles. The van der Waals surface area contributed by atoms with E-state index in [9.17, 15) is 0 Å². The third-order valence-corrected chi connectivity index (χ3v) is 4.53. The highest BCUT2D eigenvalue weighted by Gasteiger charge is 2.30. The van der Waals surface area contributed by atoms with Gasteiger partial charge in [-0.05, 0) is 37.5 Å². The lowest BCUT2D eigenvalue weighted by Crippen LogP contribution is -2.23. The fourth-order valence-corrected chi connectivity index (χ4v) is 3.10. The molecule has 0 aromatic heterocycles. The van der Waals surface area contributed by atoms with Gasteiger partial charge in [0.05, 0.1) is 16.1 Å². The maximum absolute atomic E-state index is 6.45. The lowest BCUT2D eigenvalue weighted by atomic mass is 9.94. The largest absolute Gasteiger partial charge is 0.378 e. The fourth-order valence-electron chi connectivity index (χ4n) is 2.27. The molecule has 0 bridgehead atoms. The Bertz CT molecular complexity index is 394. The summed E-state index contributed by atoms with van der Waals surface area (Å²) in [5.74, 6) is 0.422. The number of hydrogen-bond donors (Lipinski definition) is 0. The maximum atomic E-state index is 6.45. The van der Waals surface area contributed by atoms with Crippen molar-refractivity contribution < 1.29 is 4.74 Å². The molecule has 0 radical (unpaired) electrons. The second-order valence-electron chi connectivity index (χ2n) is 4.50. The van der Waals surface area contributed by atoms with E-state index in [1.165, 1.54) is 0 Å². The van der Waals surface area contributed by atoms with Crippen LogP contribution in [0.3, 0.4) is 0 Å². The minimum absolute atomic E-state index is 0.0877. The molecule has 0 N–H and O–H groups in total. The third kappa shape index (κ3) is 3.29. The number of hydrogen-bond acceptors (Lipinski definition) is 1. The predicted octanol–water partition coefficient (Wildman–Crippen LogP) is 4.57. The molecule has 1 aliphatic heterocycles. The number of benzene rings is 1. The van der Waals surface area contributed by atoms with Crippen molar-refractivity contribution in [2.24, 2.45) is 5.92 Å². The summed E-state index contributed by atoms with van der Waals surface area (Å²) in [6, 6.07) is 5.68. The molecule has 1 saturated heterocycles. The Morgan fingerprint density at radius 3 is 2.71 bits per heavy atom. The number of ether oxygens (including phenoxy) is 1. The van der Waals surface area contributed by atoms with Crippen molar-refractivity contribution in [3.63, 3.8) is 0 Å². The quantitative estimate of drug-likeness (QED) is 0.742. The first-order chi connectivity index (χ1) is 8.08. The Morgan fingerprint density at radius 2 is 2.12 bits per heavy atom. The van der Waals surface area contributed by atoms with E-state index < -0.39 is 0 Å².